The first-order valence-corrected chi connectivity index (χ1v) is 25.4. The largest absolute Gasteiger partial charge is 0.480 e. The molecular formula is C48H82NO12P. The van der Waals surface area contributed by atoms with Crippen LogP contribution in [0.15, 0.2) is 21.0 Å². The molecule has 0 saturated heterocycles. The van der Waals surface area contributed by atoms with Crippen LogP contribution in [0.3, 0.4) is 0 Å². The van der Waals surface area contributed by atoms with Gasteiger partial charge in [0.2, 0.25) is 0 Å². The van der Waals surface area contributed by atoms with Crippen molar-refractivity contribution in [1.29, 1.82) is 0 Å². The van der Waals surface area contributed by atoms with Gasteiger partial charge in [-0.05, 0) is 75.6 Å². The maximum Gasteiger partial charge on any atom is 0.472 e. The lowest BCUT2D eigenvalue weighted by atomic mass is 10.0. The summed E-state index contributed by atoms with van der Waals surface area (Å²) in [6, 6.07) is 2.85. The highest BCUT2D eigenvalue weighted by atomic mass is 31.2. The van der Waals surface area contributed by atoms with Crippen LogP contribution < -0.4 is 5.73 Å². The molecule has 0 bridgehead atoms. The number of unbranched alkanes of at least 4 members (excludes halogenated alkanes) is 18. The van der Waals surface area contributed by atoms with Crippen LogP contribution in [0, 0.1) is 13.8 Å². The summed E-state index contributed by atoms with van der Waals surface area (Å²) in [5.74, 6) is 2.03. The average molecular weight is 896 g/mol. The van der Waals surface area contributed by atoms with Gasteiger partial charge in [-0.25, -0.2) is 4.57 Å². The fraction of sp³-hybridized carbons (Fsp3) is 0.771. The smallest absolute Gasteiger partial charge is 0.472 e. The maximum atomic E-state index is 12.7. The summed E-state index contributed by atoms with van der Waals surface area (Å²) in [5, 5.41) is 8.93. The molecule has 0 saturated carbocycles. The highest BCUT2D eigenvalue weighted by molar-refractivity contribution is 7.47. The zero-order valence-corrected chi connectivity index (χ0v) is 39.6. The number of ether oxygens (including phenoxy) is 2. The number of aliphatic carboxylic acids is 1. The quantitative estimate of drug-likeness (QED) is 0.0325. The summed E-state index contributed by atoms with van der Waals surface area (Å²) in [6.45, 7) is 6.95. The number of rotatable bonds is 40. The van der Waals surface area contributed by atoms with Crippen LogP contribution in [0.4, 0.5) is 0 Å². The first-order valence-electron chi connectivity index (χ1n) is 23.9. The third-order valence-corrected chi connectivity index (χ3v) is 12.1. The molecule has 14 heteroatoms. The Hall–Kier alpha value is -2.96. The normalized spacial score (nSPS) is 13.5. The molecule has 3 unspecified atom stereocenters. The van der Waals surface area contributed by atoms with E-state index in [0.717, 1.165) is 119 Å². The van der Waals surface area contributed by atoms with Crippen molar-refractivity contribution in [2.45, 2.75) is 220 Å². The first kappa shape index (κ1) is 55.2. The Labute approximate surface area is 372 Å². The van der Waals surface area contributed by atoms with Crippen LogP contribution in [-0.4, -0.2) is 59.9 Å². The van der Waals surface area contributed by atoms with Crippen LogP contribution in [-0.2, 0) is 63.2 Å². The van der Waals surface area contributed by atoms with Gasteiger partial charge in [-0.3, -0.25) is 23.4 Å². The molecule has 0 aliphatic rings. The number of esters is 2. The number of hydrogen-bond acceptors (Lipinski definition) is 11. The molecule has 2 aromatic heterocycles. The van der Waals surface area contributed by atoms with Gasteiger partial charge in [0.05, 0.1) is 13.2 Å². The fourth-order valence-corrected chi connectivity index (χ4v) is 8.11. The van der Waals surface area contributed by atoms with E-state index in [0.29, 0.717) is 12.8 Å². The number of phosphoric acid groups is 1. The molecule has 0 radical (unpaired) electrons. The Morgan fingerprint density at radius 2 is 1.00 bits per heavy atom. The molecule has 0 amide bonds. The van der Waals surface area contributed by atoms with Crippen LogP contribution >= 0.6 is 7.82 Å². The Morgan fingerprint density at radius 3 is 1.45 bits per heavy atom. The Morgan fingerprint density at radius 1 is 0.597 bits per heavy atom. The number of phosphoric ester groups is 1. The van der Waals surface area contributed by atoms with Crippen molar-refractivity contribution in [3.63, 3.8) is 0 Å². The van der Waals surface area contributed by atoms with Gasteiger partial charge in [0, 0.05) is 38.5 Å². The van der Waals surface area contributed by atoms with E-state index in [-0.39, 0.29) is 19.4 Å². The van der Waals surface area contributed by atoms with E-state index >= 15 is 0 Å². The highest BCUT2D eigenvalue weighted by Crippen LogP contribution is 2.43. The second-order valence-corrected chi connectivity index (χ2v) is 18.5. The molecule has 356 valence electrons. The fourth-order valence-electron chi connectivity index (χ4n) is 7.33. The number of nitrogens with two attached hydrogens (primary N) is 1. The second kappa shape index (κ2) is 33.5. The third kappa shape index (κ3) is 26.6. The average Bonchev–Trinajstić information content (AvgIpc) is 3.78. The van der Waals surface area contributed by atoms with Crippen LogP contribution in [0.1, 0.15) is 202 Å². The standard InChI is InChI=1S/C48H82NO12P/c1-5-7-21-27-40-33-38(3)44(59-40)29-23-17-13-11-9-10-12-14-20-26-32-47(51)61-42(36-57-62(54,55)58-37-43(49)48(52)53)35-56-46(50)31-25-19-16-15-18-24-30-45-39(4)34-41(60-45)28-22-8-6-2/h33-34,42-43H,5-32,35-37,49H2,1-4H3,(H,52,53)(H,54,55). The van der Waals surface area contributed by atoms with E-state index in [1.54, 1.807) is 0 Å². The van der Waals surface area contributed by atoms with E-state index in [1.807, 2.05) is 0 Å². The van der Waals surface area contributed by atoms with E-state index < -0.39 is 51.1 Å². The third-order valence-electron chi connectivity index (χ3n) is 11.2. The van der Waals surface area contributed by atoms with Gasteiger partial charge in [-0.1, -0.05) is 117 Å². The zero-order valence-electron chi connectivity index (χ0n) is 38.7. The number of furan rings is 2. The van der Waals surface area contributed by atoms with E-state index in [4.69, 9.17) is 33.7 Å². The lowest BCUT2D eigenvalue weighted by molar-refractivity contribution is -0.161. The molecule has 3 atom stereocenters. The molecule has 62 heavy (non-hydrogen) atoms. The van der Waals surface area contributed by atoms with Crippen LogP contribution in [0.25, 0.3) is 0 Å². The summed E-state index contributed by atoms with van der Waals surface area (Å²) in [5.41, 5.74) is 7.86. The Kier molecular flexibility index (Phi) is 29.8. The van der Waals surface area contributed by atoms with Crippen LogP contribution in [0.2, 0.25) is 0 Å². The van der Waals surface area contributed by atoms with Gasteiger partial charge in [-0.2, -0.15) is 0 Å². The molecule has 2 rings (SSSR count). The second-order valence-electron chi connectivity index (χ2n) is 17.0. The molecular weight excluding hydrogens is 813 g/mol. The molecule has 2 heterocycles. The SMILES string of the molecule is CCCCCc1cc(C)c(CCCCCCCCCCCCC(=O)OC(COC(=O)CCCCCCCCc2oc(CCCCC)cc2C)COP(=O)(O)OCC(N)C(=O)O)o1. The topological polar surface area (TPSA) is 198 Å². The van der Waals surface area contributed by atoms with Gasteiger partial charge in [0.1, 0.15) is 35.7 Å². The molecule has 0 aliphatic carbocycles. The number of carbonyl (C=O) groups is 3. The van der Waals surface area contributed by atoms with Crippen molar-refractivity contribution >= 4 is 25.7 Å². The molecule has 0 fully saturated rings. The van der Waals surface area contributed by atoms with Crippen LogP contribution in [0.5, 0.6) is 0 Å². The van der Waals surface area contributed by atoms with Gasteiger partial charge in [0.25, 0.3) is 0 Å². The van der Waals surface area contributed by atoms with E-state index in [2.05, 4.69) is 44.4 Å². The maximum absolute atomic E-state index is 12.7. The van der Waals surface area contributed by atoms with Crippen molar-refractivity contribution in [1.82, 2.24) is 0 Å². The van der Waals surface area contributed by atoms with Crippen molar-refractivity contribution in [2.24, 2.45) is 5.73 Å². The zero-order chi connectivity index (χ0) is 45.4. The predicted molar refractivity (Wildman–Crippen MR) is 242 cm³/mol. The minimum Gasteiger partial charge on any atom is -0.480 e. The molecule has 2 aromatic rings. The number of carbonyl (C=O) groups excluding carboxylic acids is 2. The van der Waals surface area contributed by atoms with Gasteiger partial charge in [0.15, 0.2) is 6.10 Å². The summed E-state index contributed by atoms with van der Waals surface area (Å²) < 4.78 is 45.0. The van der Waals surface area contributed by atoms with Gasteiger partial charge >= 0.3 is 25.7 Å². The van der Waals surface area contributed by atoms with Crippen molar-refractivity contribution < 1.29 is 56.3 Å². The Bertz CT molecular complexity index is 1550. The summed E-state index contributed by atoms with van der Waals surface area (Å²) in [7, 11) is -4.74. The minimum atomic E-state index is -4.74. The van der Waals surface area contributed by atoms with E-state index in [1.165, 1.54) is 68.9 Å². The van der Waals surface area contributed by atoms with Crippen molar-refractivity contribution in [3.05, 3.63) is 46.3 Å². The van der Waals surface area contributed by atoms with Gasteiger partial charge in [-0.15, -0.1) is 0 Å². The number of aryl methyl sites for hydroxylation is 6. The minimum absolute atomic E-state index is 0.141. The summed E-state index contributed by atoms with van der Waals surface area (Å²) >= 11 is 0. The molecule has 0 aliphatic heterocycles. The Balaban J connectivity index is 1.62. The first-order chi connectivity index (χ1) is 29.8. The van der Waals surface area contributed by atoms with E-state index in [9.17, 15) is 23.8 Å². The lowest BCUT2D eigenvalue weighted by Gasteiger charge is -2.20. The van der Waals surface area contributed by atoms with Crippen molar-refractivity contribution in [3.8, 4) is 0 Å². The monoisotopic (exact) mass is 896 g/mol. The number of carboxylic acids is 1. The van der Waals surface area contributed by atoms with Gasteiger partial charge < -0.3 is 34.0 Å². The summed E-state index contributed by atoms with van der Waals surface area (Å²) in [4.78, 5) is 46.3. The van der Waals surface area contributed by atoms with Crippen molar-refractivity contribution in [2.75, 3.05) is 19.8 Å². The molecule has 0 aromatic carbocycles. The molecule has 4 N–H and O–H groups in total. The highest BCUT2D eigenvalue weighted by Gasteiger charge is 2.28. The molecule has 13 nitrogen and oxygen atoms in total. The molecule has 0 spiro atoms. The number of hydrogen-bond donors (Lipinski definition) is 3. The lowest BCUT2D eigenvalue weighted by Crippen LogP contribution is -2.34. The number of carboxylic acid groups (broad SMARTS) is 1. The predicted octanol–water partition coefficient (Wildman–Crippen LogP) is 11.8. The summed E-state index contributed by atoms with van der Waals surface area (Å²) in [6.07, 6.45) is 26.8.